The fourth-order valence-corrected chi connectivity index (χ4v) is 2.27. The third kappa shape index (κ3) is 2.99. The lowest BCUT2D eigenvalue weighted by atomic mass is 10.1. The van der Waals surface area contributed by atoms with E-state index in [0.717, 1.165) is 48.7 Å². The molecule has 17 heavy (non-hydrogen) atoms. The van der Waals surface area contributed by atoms with Crippen molar-refractivity contribution in [2.75, 3.05) is 19.8 Å². The van der Waals surface area contributed by atoms with E-state index in [1.807, 2.05) is 26.0 Å². The minimum absolute atomic E-state index is 0.0818. The number of aryl methyl sites for hydroxylation is 2. The minimum Gasteiger partial charge on any atom is -0.493 e. The first-order valence-electron chi connectivity index (χ1n) is 6.12. The van der Waals surface area contributed by atoms with E-state index >= 15 is 0 Å². The van der Waals surface area contributed by atoms with Gasteiger partial charge in [-0.3, -0.25) is 0 Å². The highest BCUT2D eigenvalue weighted by atomic mass is 16.5. The molecule has 0 aliphatic carbocycles. The van der Waals surface area contributed by atoms with Gasteiger partial charge < -0.3 is 14.6 Å². The topological polar surface area (TPSA) is 38.7 Å². The molecule has 1 aliphatic heterocycles. The molecule has 1 aromatic carbocycles. The number of rotatable bonds is 4. The largest absolute Gasteiger partial charge is 0.493 e. The molecule has 1 fully saturated rings. The monoisotopic (exact) mass is 236 g/mol. The van der Waals surface area contributed by atoms with Crippen LogP contribution in [0.4, 0.5) is 0 Å². The van der Waals surface area contributed by atoms with E-state index in [-0.39, 0.29) is 6.61 Å². The zero-order valence-electron chi connectivity index (χ0n) is 10.5. The summed E-state index contributed by atoms with van der Waals surface area (Å²) in [5.74, 6) is 1.47. The van der Waals surface area contributed by atoms with Crippen LogP contribution in [0.5, 0.6) is 5.75 Å². The number of aliphatic hydroxyl groups is 1. The standard InChI is InChI=1S/C14H20O3/c1-10-5-13(7-15)6-11(2)14(10)17-9-12-3-4-16-8-12/h5-6,12,15H,3-4,7-9H2,1-2H3. The van der Waals surface area contributed by atoms with Gasteiger partial charge in [0.15, 0.2) is 0 Å². The minimum atomic E-state index is 0.0818. The molecule has 1 aromatic rings. The van der Waals surface area contributed by atoms with Crippen molar-refractivity contribution in [3.05, 3.63) is 28.8 Å². The highest BCUT2D eigenvalue weighted by molar-refractivity contribution is 5.43. The summed E-state index contributed by atoms with van der Waals surface area (Å²) in [6, 6.07) is 3.96. The highest BCUT2D eigenvalue weighted by Gasteiger charge is 2.17. The zero-order chi connectivity index (χ0) is 12.3. The Kier molecular flexibility index (Phi) is 4.02. The first kappa shape index (κ1) is 12.4. The summed E-state index contributed by atoms with van der Waals surface area (Å²) in [6.45, 7) is 6.51. The first-order chi connectivity index (χ1) is 8.20. The maximum absolute atomic E-state index is 9.12. The lowest BCUT2D eigenvalue weighted by molar-refractivity contribution is 0.166. The number of hydrogen-bond donors (Lipinski definition) is 1. The molecule has 94 valence electrons. The molecule has 3 nitrogen and oxygen atoms in total. The molecule has 0 saturated carbocycles. The predicted molar refractivity (Wildman–Crippen MR) is 66.3 cm³/mol. The van der Waals surface area contributed by atoms with Crippen LogP contribution in [0.25, 0.3) is 0 Å². The Morgan fingerprint density at radius 3 is 2.59 bits per heavy atom. The molecule has 0 amide bonds. The quantitative estimate of drug-likeness (QED) is 0.871. The molecule has 0 spiro atoms. The average Bonchev–Trinajstić information content (AvgIpc) is 2.80. The molecule has 1 atom stereocenters. The summed E-state index contributed by atoms with van der Waals surface area (Å²) >= 11 is 0. The van der Waals surface area contributed by atoms with Gasteiger partial charge in [-0.15, -0.1) is 0 Å². The summed E-state index contributed by atoms with van der Waals surface area (Å²) < 4.78 is 11.2. The molecule has 1 saturated heterocycles. The summed E-state index contributed by atoms with van der Waals surface area (Å²) in [4.78, 5) is 0. The smallest absolute Gasteiger partial charge is 0.125 e. The van der Waals surface area contributed by atoms with E-state index in [1.54, 1.807) is 0 Å². The van der Waals surface area contributed by atoms with E-state index in [2.05, 4.69) is 0 Å². The van der Waals surface area contributed by atoms with Crippen LogP contribution in [0, 0.1) is 19.8 Å². The van der Waals surface area contributed by atoms with E-state index in [0.29, 0.717) is 5.92 Å². The van der Waals surface area contributed by atoms with Crippen molar-refractivity contribution in [3.8, 4) is 5.75 Å². The lowest BCUT2D eigenvalue weighted by Crippen LogP contribution is -2.12. The van der Waals surface area contributed by atoms with Gasteiger partial charge in [0.1, 0.15) is 5.75 Å². The van der Waals surface area contributed by atoms with Crippen LogP contribution in [0.2, 0.25) is 0 Å². The molecule has 0 bridgehead atoms. The molecule has 3 heteroatoms. The Morgan fingerprint density at radius 2 is 2.06 bits per heavy atom. The van der Waals surface area contributed by atoms with Crippen LogP contribution < -0.4 is 4.74 Å². The molecule has 1 aliphatic rings. The molecule has 1 heterocycles. The van der Waals surface area contributed by atoms with Crippen LogP contribution in [0.1, 0.15) is 23.1 Å². The summed E-state index contributed by atoms with van der Waals surface area (Å²) in [5.41, 5.74) is 3.12. The normalized spacial score (nSPS) is 19.6. The number of aliphatic hydroxyl groups excluding tert-OH is 1. The van der Waals surface area contributed by atoms with E-state index in [4.69, 9.17) is 14.6 Å². The number of benzene rings is 1. The van der Waals surface area contributed by atoms with Gasteiger partial charge in [0, 0.05) is 12.5 Å². The van der Waals surface area contributed by atoms with Crippen molar-refractivity contribution in [1.29, 1.82) is 0 Å². The van der Waals surface area contributed by atoms with Gasteiger partial charge in [-0.2, -0.15) is 0 Å². The summed E-state index contributed by atoms with van der Waals surface area (Å²) in [5, 5.41) is 9.12. The number of hydrogen-bond acceptors (Lipinski definition) is 3. The van der Waals surface area contributed by atoms with Crippen molar-refractivity contribution in [2.45, 2.75) is 26.9 Å². The average molecular weight is 236 g/mol. The van der Waals surface area contributed by atoms with Gasteiger partial charge in [-0.25, -0.2) is 0 Å². The van der Waals surface area contributed by atoms with Gasteiger partial charge in [0.25, 0.3) is 0 Å². The van der Waals surface area contributed by atoms with Crippen LogP contribution in [0.15, 0.2) is 12.1 Å². The molecule has 0 radical (unpaired) electrons. The maximum atomic E-state index is 9.12. The Morgan fingerprint density at radius 1 is 1.35 bits per heavy atom. The van der Waals surface area contributed by atoms with Crippen LogP contribution in [0.3, 0.4) is 0 Å². The third-order valence-electron chi connectivity index (χ3n) is 3.19. The fraction of sp³-hybridized carbons (Fsp3) is 0.571. The summed E-state index contributed by atoms with van der Waals surface area (Å²) in [6.07, 6.45) is 1.09. The number of ether oxygens (including phenoxy) is 2. The predicted octanol–water partition coefficient (Wildman–Crippen LogP) is 2.21. The lowest BCUT2D eigenvalue weighted by Gasteiger charge is -2.15. The van der Waals surface area contributed by atoms with Gasteiger partial charge in [0.2, 0.25) is 0 Å². The van der Waals surface area contributed by atoms with Gasteiger partial charge in [0.05, 0.1) is 19.8 Å². The van der Waals surface area contributed by atoms with Gasteiger partial charge in [-0.1, -0.05) is 12.1 Å². The van der Waals surface area contributed by atoms with Gasteiger partial charge >= 0.3 is 0 Å². The van der Waals surface area contributed by atoms with Crippen molar-refractivity contribution in [3.63, 3.8) is 0 Å². The zero-order valence-corrected chi connectivity index (χ0v) is 10.5. The summed E-state index contributed by atoms with van der Waals surface area (Å²) in [7, 11) is 0. The van der Waals surface area contributed by atoms with Crippen LogP contribution in [-0.4, -0.2) is 24.9 Å². The van der Waals surface area contributed by atoms with Crippen molar-refractivity contribution < 1.29 is 14.6 Å². The SMILES string of the molecule is Cc1cc(CO)cc(C)c1OCC1CCOC1. The Bertz CT molecular complexity index is 358. The van der Waals surface area contributed by atoms with Crippen LogP contribution in [-0.2, 0) is 11.3 Å². The molecule has 1 unspecified atom stereocenters. The molecule has 2 rings (SSSR count). The second-order valence-corrected chi connectivity index (χ2v) is 4.76. The van der Waals surface area contributed by atoms with E-state index < -0.39 is 0 Å². The second-order valence-electron chi connectivity index (χ2n) is 4.76. The Labute approximate surface area is 102 Å². The maximum Gasteiger partial charge on any atom is 0.125 e. The molecule has 1 N–H and O–H groups in total. The van der Waals surface area contributed by atoms with Crippen LogP contribution >= 0.6 is 0 Å². The molecule has 0 aromatic heterocycles. The van der Waals surface area contributed by atoms with Crippen molar-refractivity contribution >= 4 is 0 Å². The molecular formula is C14H20O3. The highest BCUT2D eigenvalue weighted by Crippen LogP contribution is 2.26. The second kappa shape index (κ2) is 5.52. The van der Waals surface area contributed by atoms with Gasteiger partial charge in [-0.05, 0) is 37.0 Å². The van der Waals surface area contributed by atoms with Crippen molar-refractivity contribution in [1.82, 2.24) is 0 Å². The van der Waals surface area contributed by atoms with E-state index in [9.17, 15) is 0 Å². The fourth-order valence-electron chi connectivity index (χ4n) is 2.27. The first-order valence-corrected chi connectivity index (χ1v) is 6.12. The van der Waals surface area contributed by atoms with E-state index in [1.165, 1.54) is 0 Å². The molecular weight excluding hydrogens is 216 g/mol. The van der Waals surface area contributed by atoms with Crippen molar-refractivity contribution in [2.24, 2.45) is 5.92 Å². The Balaban J connectivity index is 2.04. The Hall–Kier alpha value is -1.06. The third-order valence-corrected chi connectivity index (χ3v) is 3.19.